The molecule has 0 aromatic rings. The molecule has 5 aliphatic carbocycles. The maximum atomic E-state index is 9.49. The second-order valence-electron chi connectivity index (χ2n) is 13.7. The Morgan fingerprint density at radius 3 is 2.32 bits per heavy atom. The zero-order chi connectivity index (χ0) is 22.4. The molecule has 0 heterocycles. The first-order chi connectivity index (χ1) is 14.5. The largest absolute Gasteiger partial charge is 0.421 e. The van der Waals surface area contributed by atoms with Crippen LogP contribution in [-0.4, -0.2) is 11.3 Å². The van der Waals surface area contributed by atoms with Crippen molar-refractivity contribution in [1.82, 2.24) is 0 Å². The van der Waals surface area contributed by atoms with E-state index in [1.165, 1.54) is 44.9 Å². The minimum Gasteiger partial charge on any atom is -0.421 e. The minimum absolute atomic E-state index is 0.0500. The van der Waals surface area contributed by atoms with Crippen molar-refractivity contribution in [2.45, 2.75) is 111 Å². The molecular formula is C28H44N2O. The van der Waals surface area contributed by atoms with Crippen LogP contribution in [0.1, 0.15) is 106 Å². The fourth-order valence-corrected chi connectivity index (χ4v) is 11.0. The minimum atomic E-state index is -0.176. The van der Waals surface area contributed by atoms with Gasteiger partial charge in [-0.3, -0.25) is 0 Å². The maximum Gasteiger partial charge on any atom is 0.286 e. The van der Waals surface area contributed by atoms with Gasteiger partial charge >= 0.3 is 0 Å². The predicted octanol–water partition coefficient (Wildman–Crippen LogP) is 7.36. The summed E-state index contributed by atoms with van der Waals surface area (Å²) in [6, 6.07) is 0. The molecule has 0 spiro atoms. The highest BCUT2D eigenvalue weighted by Crippen LogP contribution is 2.76. The molecule has 0 aromatic carbocycles. The van der Waals surface area contributed by atoms with Gasteiger partial charge in [-0.15, -0.1) is 0 Å². The Morgan fingerprint density at radius 2 is 1.61 bits per heavy atom. The first-order valence-corrected chi connectivity index (χ1v) is 13.1. The highest BCUT2D eigenvalue weighted by atomic mass is 16.5. The topological polar surface area (TPSA) is 56.9 Å². The van der Waals surface area contributed by atoms with E-state index in [-0.39, 0.29) is 11.0 Å². The molecule has 8 unspecified atom stereocenters. The van der Waals surface area contributed by atoms with Gasteiger partial charge in [-0.05, 0) is 104 Å². The summed E-state index contributed by atoms with van der Waals surface area (Å²) in [6.45, 7) is 15.1. The third-order valence-electron chi connectivity index (χ3n) is 12.8. The van der Waals surface area contributed by atoms with E-state index in [9.17, 15) is 5.26 Å². The fraction of sp³-hybridized carbons (Fsp3) is 0.929. The molecule has 1 N–H and O–H groups in total. The van der Waals surface area contributed by atoms with Gasteiger partial charge in [0.05, 0.1) is 0 Å². The Balaban J connectivity index is 1.54. The molecule has 3 heteroatoms. The van der Waals surface area contributed by atoms with Gasteiger partial charge in [0.25, 0.3) is 6.26 Å². The SMILES string of the molecule is CC1CCC2(OC#N)CC[C@]3(C)C(CCC4C5(C)CCC(=N)C(C)(C)C5CCC43C)C12. The Bertz CT molecular complexity index is 827. The molecule has 5 saturated carbocycles. The van der Waals surface area contributed by atoms with Crippen LogP contribution in [0.15, 0.2) is 0 Å². The van der Waals surface area contributed by atoms with Gasteiger partial charge in [0.1, 0.15) is 5.60 Å². The highest BCUT2D eigenvalue weighted by molar-refractivity contribution is 5.88. The number of hydrogen-bond donors (Lipinski definition) is 1. The predicted molar refractivity (Wildman–Crippen MR) is 125 cm³/mol. The average molecular weight is 425 g/mol. The van der Waals surface area contributed by atoms with E-state index in [0.717, 1.165) is 30.9 Å². The number of rotatable bonds is 1. The summed E-state index contributed by atoms with van der Waals surface area (Å²) in [5.74, 6) is 3.30. The number of fused-ring (bicyclic) bond motifs is 7. The first kappa shape index (κ1) is 21.8. The van der Waals surface area contributed by atoms with E-state index in [4.69, 9.17) is 10.1 Å². The molecule has 0 aromatic heterocycles. The van der Waals surface area contributed by atoms with Gasteiger partial charge in [-0.2, -0.15) is 5.26 Å². The van der Waals surface area contributed by atoms with E-state index in [1.54, 1.807) is 0 Å². The smallest absolute Gasteiger partial charge is 0.286 e. The van der Waals surface area contributed by atoms with E-state index in [2.05, 4.69) is 47.8 Å². The average Bonchev–Trinajstić information content (AvgIpc) is 3.03. The monoisotopic (exact) mass is 424 g/mol. The molecule has 31 heavy (non-hydrogen) atoms. The summed E-state index contributed by atoms with van der Waals surface area (Å²) in [5, 5.41) is 18.2. The Hall–Kier alpha value is -1.04. The van der Waals surface area contributed by atoms with Gasteiger partial charge in [-0.25, -0.2) is 0 Å². The van der Waals surface area contributed by atoms with Crippen LogP contribution in [0.5, 0.6) is 0 Å². The van der Waals surface area contributed by atoms with Crippen molar-refractivity contribution in [2.75, 3.05) is 0 Å². The summed E-state index contributed by atoms with van der Waals surface area (Å²) >= 11 is 0. The molecule has 172 valence electrons. The van der Waals surface area contributed by atoms with E-state index < -0.39 is 0 Å². The van der Waals surface area contributed by atoms with Crippen LogP contribution in [0, 0.1) is 68.2 Å². The number of nitrogens with one attached hydrogen (secondary N) is 1. The summed E-state index contributed by atoms with van der Waals surface area (Å²) in [4.78, 5) is 0. The first-order valence-electron chi connectivity index (χ1n) is 13.1. The molecule has 9 atom stereocenters. The van der Waals surface area contributed by atoms with E-state index in [0.29, 0.717) is 39.9 Å². The van der Waals surface area contributed by atoms with Crippen LogP contribution >= 0.6 is 0 Å². The lowest BCUT2D eigenvalue weighted by atomic mass is 9.33. The van der Waals surface area contributed by atoms with Gasteiger partial charge < -0.3 is 10.1 Å². The van der Waals surface area contributed by atoms with Crippen LogP contribution in [-0.2, 0) is 4.74 Å². The summed E-state index contributed by atoms with van der Waals surface area (Å²) < 4.78 is 5.95. The lowest BCUT2D eigenvalue weighted by Gasteiger charge is -2.72. The van der Waals surface area contributed by atoms with Crippen molar-refractivity contribution in [3.8, 4) is 6.26 Å². The number of ether oxygens (including phenoxy) is 1. The molecule has 0 amide bonds. The lowest BCUT2D eigenvalue weighted by molar-refractivity contribution is -0.238. The van der Waals surface area contributed by atoms with Crippen LogP contribution < -0.4 is 0 Å². The molecule has 5 aliphatic rings. The molecular weight excluding hydrogens is 380 g/mol. The molecule has 5 fully saturated rings. The molecule has 0 saturated heterocycles. The zero-order valence-corrected chi connectivity index (χ0v) is 20.8. The third-order valence-corrected chi connectivity index (χ3v) is 12.8. The van der Waals surface area contributed by atoms with Gasteiger partial charge in [0.2, 0.25) is 0 Å². The van der Waals surface area contributed by atoms with Gasteiger partial charge in [0.15, 0.2) is 0 Å². The standard InChI is InChI=1S/C28H44N2O/c1-18-9-14-28(31-17-29)16-15-26(5)19(23(18)28)7-8-21-25(4)12-11-22(30)24(2,3)20(25)10-13-27(21,26)6/h18-21,23,30H,7-16H2,1-6H3/t18?,19?,20?,21?,23?,25?,26-,27?,28?/m1/s1. The van der Waals surface area contributed by atoms with Crippen molar-refractivity contribution in [1.29, 1.82) is 10.7 Å². The van der Waals surface area contributed by atoms with Crippen molar-refractivity contribution in [2.24, 2.45) is 51.2 Å². The van der Waals surface area contributed by atoms with Crippen molar-refractivity contribution in [3.05, 3.63) is 0 Å². The zero-order valence-electron chi connectivity index (χ0n) is 20.8. The van der Waals surface area contributed by atoms with Crippen LogP contribution in [0.4, 0.5) is 0 Å². The highest BCUT2D eigenvalue weighted by Gasteiger charge is 2.71. The summed E-state index contributed by atoms with van der Waals surface area (Å²) in [5.41, 5.74) is 1.92. The Morgan fingerprint density at radius 1 is 0.871 bits per heavy atom. The molecule has 0 radical (unpaired) electrons. The van der Waals surface area contributed by atoms with Crippen LogP contribution in [0.25, 0.3) is 0 Å². The Labute approximate surface area is 190 Å². The van der Waals surface area contributed by atoms with Gasteiger partial charge in [-0.1, -0.05) is 41.5 Å². The van der Waals surface area contributed by atoms with Crippen LogP contribution in [0.2, 0.25) is 0 Å². The second-order valence-corrected chi connectivity index (χ2v) is 13.7. The normalized spacial score (nSPS) is 55.3. The maximum absolute atomic E-state index is 9.49. The van der Waals surface area contributed by atoms with E-state index in [1.807, 2.05) is 0 Å². The molecule has 0 bridgehead atoms. The quantitative estimate of drug-likeness (QED) is 0.447. The lowest BCUT2D eigenvalue weighted by Crippen LogP contribution is -2.67. The van der Waals surface area contributed by atoms with Crippen molar-refractivity contribution >= 4 is 5.71 Å². The van der Waals surface area contributed by atoms with E-state index >= 15 is 0 Å². The van der Waals surface area contributed by atoms with Crippen molar-refractivity contribution in [3.63, 3.8) is 0 Å². The van der Waals surface area contributed by atoms with Crippen molar-refractivity contribution < 1.29 is 4.74 Å². The van der Waals surface area contributed by atoms with Gasteiger partial charge in [0, 0.05) is 17.0 Å². The Kier molecular flexibility index (Phi) is 4.58. The molecule has 0 aliphatic heterocycles. The molecule has 3 nitrogen and oxygen atoms in total. The number of nitriles is 1. The second kappa shape index (κ2) is 6.51. The fourth-order valence-electron chi connectivity index (χ4n) is 11.0. The van der Waals surface area contributed by atoms with Crippen LogP contribution in [0.3, 0.4) is 0 Å². The number of hydrogen-bond acceptors (Lipinski definition) is 3. The summed E-state index contributed by atoms with van der Waals surface area (Å²) in [6.07, 6.45) is 14.2. The third kappa shape index (κ3) is 2.49. The summed E-state index contributed by atoms with van der Waals surface area (Å²) in [7, 11) is 0. The molecule has 5 rings (SSSR count). The number of nitrogens with zero attached hydrogens (tertiary/aromatic N) is 1.